The Kier molecular flexibility index (Phi) is 7.87. The Morgan fingerprint density at radius 3 is 2.47 bits per heavy atom. The third-order valence-corrected chi connectivity index (χ3v) is 7.34. The predicted octanol–water partition coefficient (Wildman–Crippen LogP) is 3.54. The number of hydrogen-bond donors (Lipinski definition) is 3. The fraction of sp³-hybridized carbons (Fsp3) is 0.708. The predicted molar refractivity (Wildman–Crippen MR) is 127 cm³/mol. The zero-order valence-electron chi connectivity index (χ0n) is 18.9. The van der Waals surface area contributed by atoms with Crippen LogP contribution in [0.4, 0.5) is 0 Å². The number of rotatable bonds is 8. The van der Waals surface area contributed by atoms with Crippen LogP contribution < -0.4 is 11.5 Å². The zero-order chi connectivity index (χ0) is 21.6. The molecule has 0 radical (unpaired) electrons. The number of nitrogens with two attached hydrogens (primary N) is 2. The first-order valence-corrected chi connectivity index (χ1v) is 11.6. The van der Waals surface area contributed by atoms with Gasteiger partial charge in [-0.1, -0.05) is 19.3 Å². The van der Waals surface area contributed by atoms with Crippen molar-refractivity contribution in [1.82, 2.24) is 4.90 Å². The van der Waals surface area contributed by atoms with Crippen molar-refractivity contribution in [3.8, 4) is 0 Å². The van der Waals surface area contributed by atoms with Crippen LogP contribution in [0.5, 0.6) is 0 Å². The number of allylic oxidation sites excluding steroid dienone is 3. The molecule has 0 aromatic heterocycles. The highest BCUT2D eigenvalue weighted by molar-refractivity contribution is 6.21. The summed E-state index contributed by atoms with van der Waals surface area (Å²) in [6, 6.07) is 0. The molecule has 0 aromatic rings. The summed E-state index contributed by atoms with van der Waals surface area (Å²) >= 11 is 0. The number of nitrogens with zero attached hydrogens (tertiary/aromatic N) is 3. The van der Waals surface area contributed by atoms with Gasteiger partial charge in [-0.15, -0.1) is 0 Å². The lowest BCUT2D eigenvalue weighted by molar-refractivity contribution is 0.131. The first kappa shape index (κ1) is 22.7. The normalized spacial score (nSPS) is 26.5. The Morgan fingerprint density at radius 1 is 1.13 bits per heavy atom. The molecule has 0 aromatic carbocycles. The van der Waals surface area contributed by atoms with Gasteiger partial charge in [-0.25, -0.2) is 0 Å². The molecule has 1 spiro atoms. The molecule has 166 valence electrons. The third-order valence-electron chi connectivity index (χ3n) is 7.34. The summed E-state index contributed by atoms with van der Waals surface area (Å²) in [6.07, 6.45) is 16.1. The molecule has 3 aliphatic rings. The van der Waals surface area contributed by atoms with E-state index in [4.69, 9.17) is 16.9 Å². The molecule has 0 amide bonds. The smallest absolute Gasteiger partial charge is 0.118 e. The maximum atomic E-state index is 8.14. The van der Waals surface area contributed by atoms with Crippen LogP contribution in [-0.2, 0) is 0 Å². The molecular weight excluding hydrogens is 372 g/mol. The third kappa shape index (κ3) is 6.03. The van der Waals surface area contributed by atoms with Crippen molar-refractivity contribution in [3.05, 3.63) is 23.4 Å². The minimum absolute atomic E-state index is 0.298. The molecule has 30 heavy (non-hydrogen) atoms. The van der Waals surface area contributed by atoms with E-state index in [2.05, 4.69) is 14.9 Å². The van der Waals surface area contributed by atoms with E-state index in [1.165, 1.54) is 71.0 Å². The Hall–Kier alpha value is -1.95. The van der Waals surface area contributed by atoms with Gasteiger partial charge in [0.1, 0.15) is 5.84 Å². The average Bonchev–Trinajstić information content (AvgIpc) is 3.43. The Bertz CT molecular complexity index is 714. The standard InChI is InChI=1S/C24H40N6/c1-18(25)21(16-28-2)22(26)8-9-23(27)29-15-20-14-24(20)10-12-30(13-11-24)17-19-6-4-3-5-7-19/h8-9,16,19-20,26H,3-7,10-15,17,25H2,1-2H3,(H2,27,29)/b9-8-,21-18?,26-22?,28-16?. The van der Waals surface area contributed by atoms with Crippen LogP contribution in [0, 0.1) is 22.7 Å². The Labute approximate surface area is 182 Å². The molecule has 6 nitrogen and oxygen atoms in total. The molecule has 1 atom stereocenters. The highest BCUT2D eigenvalue weighted by Crippen LogP contribution is 2.59. The summed E-state index contributed by atoms with van der Waals surface area (Å²) in [6.45, 7) is 6.42. The van der Waals surface area contributed by atoms with Crippen molar-refractivity contribution < 1.29 is 0 Å². The van der Waals surface area contributed by atoms with Gasteiger partial charge >= 0.3 is 0 Å². The highest BCUT2D eigenvalue weighted by Gasteiger charge is 2.54. The van der Waals surface area contributed by atoms with Gasteiger partial charge in [0.15, 0.2) is 0 Å². The maximum Gasteiger partial charge on any atom is 0.118 e. The minimum atomic E-state index is 0.298. The summed E-state index contributed by atoms with van der Waals surface area (Å²) in [7, 11) is 1.67. The van der Waals surface area contributed by atoms with Crippen LogP contribution in [0.25, 0.3) is 0 Å². The average molecular weight is 413 g/mol. The minimum Gasteiger partial charge on any atom is -0.402 e. The SMILES string of the molecule is CN=CC(C(=N)/C=C\C(N)=NCC1CC12CCN(CC1CCCCC1)CC2)=C(C)N. The lowest BCUT2D eigenvalue weighted by Crippen LogP contribution is -2.38. The van der Waals surface area contributed by atoms with Gasteiger partial charge in [0, 0.05) is 37.6 Å². The molecule has 6 heteroatoms. The van der Waals surface area contributed by atoms with Crippen LogP contribution in [0.3, 0.4) is 0 Å². The zero-order valence-corrected chi connectivity index (χ0v) is 18.9. The van der Waals surface area contributed by atoms with E-state index in [-0.39, 0.29) is 0 Å². The summed E-state index contributed by atoms with van der Waals surface area (Å²) < 4.78 is 0. The summed E-state index contributed by atoms with van der Waals surface area (Å²) in [5.74, 6) is 2.11. The molecule has 1 aliphatic heterocycles. The van der Waals surface area contributed by atoms with Crippen LogP contribution in [0.15, 0.2) is 33.4 Å². The van der Waals surface area contributed by atoms with E-state index in [1.54, 1.807) is 32.3 Å². The van der Waals surface area contributed by atoms with Gasteiger partial charge in [-0.2, -0.15) is 0 Å². The number of nitrogens with one attached hydrogen (secondary N) is 1. The Morgan fingerprint density at radius 2 is 1.83 bits per heavy atom. The second-order valence-electron chi connectivity index (χ2n) is 9.56. The molecule has 1 heterocycles. The van der Waals surface area contributed by atoms with Crippen LogP contribution in [0.1, 0.15) is 58.3 Å². The van der Waals surface area contributed by atoms with E-state index in [0.717, 1.165) is 12.5 Å². The molecule has 2 aliphatic carbocycles. The molecular formula is C24H40N6. The van der Waals surface area contributed by atoms with E-state index >= 15 is 0 Å². The number of amidine groups is 1. The second kappa shape index (κ2) is 10.4. The lowest BCUT2D eigenvalue weighted by Gasteiger charge is -2.36. The van der Waals surface area contributed by atoms with Crippen molar-refractivity contribution in [2.24, 2.45) is 38.7 Å². The van der Waals surface area contributed by atoms with Crippen LogP contribution in [-0.4, -0.2) is 55.9 Å². The monoisotopic (exact) mass is 412 g/mol. The van der Waals surface area contributed by atoms with Crippen LogP contribution in [0.2, 0.25) is 0 Å². The van der Waals surface area contributed by atoms with Gasteiger partial charge in [-0.05, 0) is 81.5 Å². The largest absolute Gasteiger partial charge is 0.402 e. The fourth-order valence-corrected chi connectivity index (χ4v) is 5.26. The number of aliphatic imine (C=N–C) groups is 2. The maximum absolute atomic E-state index is 8.14. The molecule has 5 N–H and O–H groups in total. The van der Waals surface area contributed by atoms with Crippen molar-refractivity contribution >= 4 is 17.8 Å². The van der Waals surface area contributed by atoms with Crippen LogP contribution >= 0.6 is 0 Å². The van der Waals surface area contributed by atoms with E-state index < -0.39 is 0 Å². The highest BCUT2D eigenvalue weighted by atomic mass is 15.1. The fourth-order valence-electron chi connectivity index (χ4n) is 5.26. The Balaban J connectivity index is 1.42. The van der Waals surface area contributed by atoms with Crippen molar-refractivity contribution in [2.75, 3.05) is 33.2 Å². The molecule has 2 saturated carbocycles. The van der Waals surface area contributed by atoms with Crippen molar-refractivity contribution in [3.63, 3.8) is 0 Å². The van der Waals surface area contributed by atoms with Crippen molar-refractivity contribution in [1.29, 1.82) is 5.41 Å². The molecule has 3 rings (SSSR count). The van der Waals surface area contributed by atoms with E-state index in [1.807, 2.05) is 0 Å². The number of likely N-dealkylation sites (tertiary alicyclic amines) is 1. The summed E-state index contributed by atoms with van der Waals surface area (Å²) in [5, 5.41) is 8.14. The summed E-state index contributed by atoms with van der Waals surface area (Å²) in [5.41, 5.74) is 13.9. The van der Waals surface area contributed by atoms with Gasteiger partial charge in [0.2, 0.25) is 0 Å². The van der Waals surface area contributed by atoms with Gasteiger partial charge in [-0.3, -0.25) is 9.98 Å². The van der Waals surface area contributed by atoms with Gasteiger partial charge in [0.05, 0.1) is 5.71 Å². The topological polar surface area (TPSA) is 104 Å². The van der Waals surface area contributed by atoms with Gasteiger partial charge in [0.25, 0.3) is 0 Å². The number of hydrogen-bond acceptors (Lipinski definition) is 5. The first-order valence-electron chi connectivity index (χ1n) is 11.6. The van der Waals surface area contributed by atoms with E-state index in [9.17, 15) is 0 Å². The second-order valence-corrected chi connectivity index (χ2v) is 9.56. The van der Waals surface area contributed by atoms with Crippen molar-refractivity contribution in [2.45, 2.75) is 58.3 Å². The summed E-state index contributed by atoms with van der Waals surface area (Å²) in [4.78, 5) is 11.3. The molecule has 0 bridgehead atoms. The lowest BCUT2D eigenvalue weighted by atomic mass is 9.86. The first-order chi connectivity index (χ1) is 14.4. The number of piperidine rings is 1. The molecule has 1 saturated heterocycles. The molecule has 3 fully saturated rings. The van der Waals surface area contributed by atoms with E-state index in [0.29, 0.717) is 34.2 Å². The quantitative estimate of drug-likeness (QED) is 0.419. The molecule has 1 unspecified atom stereocenters. The van der Waals surface area contributed by atoms with Gasteiger partial charge < -0.3 is 21.8 Å².